The van der Waals surface area contributed by atoms with Gasteiger partial charge in [-0.05, 0) is 54.2 Å². The second-order valence-corrected chi connectivity index (χ2v) is 5.93. The van der Waals surface area contributed by atoms with Crippen LogP contribution in [0.3, 0.4) is 0 Å². The number of nitrogens with one attached hydrogen (secondary N) is 2. The molecule has 1 aromatic heterocycles. The maximum atomic E-state index is 13.1. The van der Waals surface area contributed by atoms with Crippen LogP contribution >= 0.6 is 23.8 Å². The summed E-state index contributed by atoms with van der Waals surface area (Å²) in [6.07, 6.45) is 1.53. The zero-order valence-corrected chi connectivity index (χ0v) is 14.0. The van der Waals surface area contributed by atoms with Gasteiger partial charge in [0.2, 0.25) is 0 Å². The molecule has 24 heavy (non-hydrogen) atoms. The first-order chi connectivity index (χ1) is 11.5. The molecule has 0 fully saturated rings. The molecule has 3 aromatic rings. The topological polar surface area (TPSA) is 49.8 Å². The van der Waals surface area contributed by atoms with Crippen molar-refractivity contribution >= 4 is 29.7 Å². The maximum Gasteiger partial charge on any atom is 0.270 e. The molecule has 0 saturated carbocycles. The van der Waals surface area contributed by atoms with Crippen LogP contribution in [0.25, 0.3) is 5.69 Å². The highest BCUT2D eigenvalue weighted by atomic mass is 35.5. The molecule has 0 aliphatic carbocycles. The highest BCUT2D eigenvalue weighted by molar-refractivity contribution is 7.71. The summed E-state index contributed by atoms with van der Waals surface area (Å²) in [5, 5.41) is 3.43. The molecule has 2 N–H and O–H groups in total. The fourth-order valence-corrected chi connectivity index (χ4v) is 2.78. The monoisotopic (exact) mass is 361 g/mol. The number of rotatable bonds is 4. The summed E-state index contributed by atoms with van der Waals surface area (Å²) in [5.74, 6) is -0.653. The zero-order chi connectivity index (χ0) is 17.1. The van der Waals surface area contributed by atoms with E-state index in [4.69, 9.17) is 23.8 Å². The second-order valence-electron chi connectivity index (χ2n) is 5.10. The number of hydrogen-bond donors (Lipinski definition) is 2. The fraction of sp³-hybridized carbons (Fsp3) is 0.0588. The van der Waals surface area contributed by atoms with Gasteiger partial charge in [-0.2, -0.15) is 0 Å². The number of aromatic amines is 1. The number of nitrogens with zero attached hydrogens (tertiary/aromatic N) is 1. The number of halogens is 2. The minimum Gasteiger partial charge on any atom is -0.347 e. The van der Waals surface area contributed by atoms with Crippen molar-refractivity contribution in [2.45, 2.75) is 6.54 Å². The molecule has 1 amide bonds. The minimum absolute atomic E-state index is 0.299. The van der Waals surface area contributed by atoms with Crippen molar-refractivity contribution in [3.63, 3.8) is 0 Å². The highest BCUT2D eigenvalue weighted by Gasteiger charge is 2.14. The number of carbonyl (C=O) groups is 1. The molecule has 0 atom stereocenters. The van der Waals surface area contributed by atoms with Crippen LogP contribution in [0.5, 0.6) is 0 Å². The van der Waals surface area contributed by atoms with Crippen LogP contribution in [0.1, 0.15) is 16.1 Å². The normalized spacial score (nSPS) is 10.6. The third-order valence-corrected chi connectivity index (χ3v) is 3.97. The molecule has 0 bridgehead atoms. The largest absolute Gasteiger partial charge is 0.347 e. The molecule has 0 spiro atoms. The van der Waals surface area contributed by atoms with Gasteiger partial charge >= 0.3 is 0 Å². The molecule has 0 radical (unpaired) electrons. The van der Waals surface area contributed by atoms with Gasteiger partial charge < -0.3 is 10.3 Å². The van der Waals surface area contributed by atoms with Crippen molar-refractivity contribution in [3.05, 3.63) is 81.6 Å². The summed E-state index contributed by atoms with van der Waals surface area (Å²) in [6.45, 7) is 0.334. The fourth-order valence-electron chi connectivity index (χ4n) is 2.30. The number of amides is 1. The Balaban J connectivity index is 1.83. The summed E-state index contributed by atoms with van der Waals surface area (Å²) >= 11 is 11.2. The Morgan fingerprint density at radius 1 is 1.25 bits per heavy atom. The summed E-state index contributed by atoms with van der Waals surface area (Å²) in [5.41, 5.74) is 1.84. The number of benzene rings is 2. The van der Waals surface area contributed by atoms with Crippen molar-refractivity contribution in [1.82, 2.24) is 14.9 Å². The van der Waals surface area contributed by atoms with E-state index in [1.54, 1.807) is 28.8 Å². The van der Waals surface area contributed by atoms with Crippen LogP contribution in [0.15, 0.2) is 54.7 Å². The third-order valence-electron chi connectivity index (χ3n) is 3.44. The molecule has 1 heterocycles. The van der Waals surface area contributed by atoms with Crippen molar-refractivity contribution < 1.29 is 9.18 Å². The van der Waals surface area contributed by atoms with Crippen molar-refractivity contribution in [2.75, 3.05) is 0 Å². The summed E-state index contributed by atoms with van der Waals surface area (Å²) in [4.78, 5) is 15.3. The average Bonchev–Trinajstić information content (AvgIpc) is 2.95. The Morgan fingerprint density at radius 2 is 2.00 bits per heavy atom. The molecule has 0 aliphatic heterocycles. The van der Waals surface area contributed by atoms with Crippen molar-refractivity contribution in [2.24, 2.45) is 0 Å². The highest BCUT2D eigenvalue weighted by Crippen LogP contribution is 2.14. The summed E-state index contributed by atoms with van der Waals surface area (Å²) in [7, 11) is 0. The van der Waals surface area contributed by atoms with Gasteiger partial charge in [0, 0.05) is 23.5 Å². The number of imidazole rings is 1. The molecule has 4 nitrogen and oxygen atoms in total. The van der Waals surface area contributed by atoms with Gasteiger partial charge in [-0.1, -0.05) is 23.7 Å². The van der Waals surface area contributed by atoms with E-state index < -0.39 is 0 Å². The Hall–Kier alpha value is -2.44. The van der Waals surface area contributed by atoms with Gasteiger partial charge in [-0.3, -0.25) is 9.36 Å². The van der Waals surface area contributed by atoms with Crippen LogP contribution in [0.4, 0.5) is 4.39 Å². The number of hydrogen-bond acceptors (Lipinski definition) is 2. The lowest BCUT2D eigenvalue weighted by Gasteiger charge is -2.09. The van der Waals surface area contributed by atoms with E-state index in [2.05, 4.69) is 10.3 Å². The number of carbonyl (C=O) groups excluding carboxylic acids is 1. The Morgan fingerprint density at radius 3 is 2.71 bits per heavy atom. The Kier molecular flexibility index (Phi) is 4.78. The van der Waals surface area contributed by atoms with Crippen LogP contribution in [0, 0.1) is 10.6 Å². The van der Waals surface area contributed by atoms with E-state index >= 15 is 0 Å². The van der Waals surface area contributed by atoms with E-state index in [-0.39, 0.29) is 11.7 Å². The maximum absolute atomic E-state index is 13.1. The summed E-state index contributed by atoms with van der Waals surface area (Å²) < 4.78 is 15.0. The second kappa shape index (κ2) is 6.98. The van der Waals surface area contributed by atoms with Crippen molar-refractivity contribution in [3.8, 4) is 5.69 Å². The molecule has 122 valence electrons. The summed E-state index contributed by atoms with van der Waals surface area (Å²) in [6, 6.07) is 13.0. The lowest BCUT2D eigenvalue weighted by molar-refractivity contribution is 0.0944. The van der Waals surface area contributed by atoms with E-state index in [0.717, 1.165) is 5.56 Å². The molecule has 0 unspecified atom stereocenters. The van der Waals surface area contributed by atoms with E-state index in [9.17, 15) is 9.18 Å². The molecule has 0 aliphatic rings. The minimum atomic E-state index is -0.354. The van der Waals surface area contributed by atoms with Gasteiger partial charge in [-0.15, -0.1) is 0 Å². The number of aromatic nitrogens is 2. The van der Waals surface area contributed by atoms with Gasteiger partial charge in [0.05, 0.1) is 0 Å². The molecule has 7 heteroatoms. The zero-order valence-electron chi connectivity index (χ0n) is 12.4. The van der Waals surface area contributed by atoms with Gasteiger partial charge in [0.15, 0.2) is 4.77 Å². The molecule has 0 saturated heterocycles. The van der Waals surface area contributed by atoms with Gasteiger partial charge in [0.1, 0.15) is 11.5 Å². The van der Waals surface area contributed by atoms with E-state index in [0.29, 0.717) is 27.7 Å². The predicted octanol–water partition coefficient (Wildman–Crippen LogP) is 4.26. The van der Waals surface area contributed by atoms with Gasteiger partial charge in [-0.25, -0.2) is 4.39 Å². The van der Waals surface area contributed by atoms with E-state index in [1.807, 2.05) is 12.1 Å². The molecular formula is C17H13ClFN3OS. The Labute approximate surface area is 147 Å². The third kappa shape index (κ3) is 3.55. The lowest BCUT2D eigenvalue weighted by Crippen LogP contribution is -2.25. The van der Waals surface area contributed by atoms with Crippen molar-refractivity contribution in [1.29, 1.82) is 0 Å². The van der Waals surface area contributed by atoms with Crippen LogP contribution in [0.2, 0.25) is 5.02 Å². The van der Waals surface area contributed by atoms with Gasteiger partial charge in [0.25, 0.3) is 5.91 Å². The first-order valence-electron chi connectivity index (χ1n) is 7.13. The average molecular weight is 362 g/mol. The quantitative estimate of drug-likeness (QED) is 0.682. The van der Waals surface area contributed by atoms with Crippen LogP contribution in [-0.2, 0) is 6.54 Å². The molecular weight excluding hydrogens is 349 g/mol. The first-order valence-corrected chi connectivity index (χ1v) is 7.92. The number of H-pyrrole nitrogens is 1. The Bertz CT molecular complexity index is 934. The molecule has 3 rings (SSSR count). The van der Waals surface area contributed by atoms with Crippen LogP contribution in [-0.4, -0.2) is 15.5 Å². The smallest absolute Gasteiger partial charge is 0.270 e. The first kappa shape index (κ1) is 16.4. The lowest BCUT2D eigenvalue weighted by atomic mass is 10.2. The van der Waals surface area contributed by atoms with Crippen LogP contribution < -0.4 is 5.32 Å². The standard InChI is InChI=1S/C17H13ClFN3OS/c18-12-3-1-2-11(8-12)9-20-16(23)15-10-21-17(24)22(15)14-6-4-13(19)5-7-14/h1-8,10H,9H2,(H,20,23)(H,21,24). The SMILES string of the molecule is O=C(NCc1cccc(Cl)c1)c1c[nH]c(=S)n1-c1ccc(F)cc1. The van der Waals surface area contributed by atoms with E-state index in [1.165, 1.54) is 18.3 Å². The molecule has 2 aromatic carbocycles. The predicted molar refractivity (Wildman–Crippen MR) is 93.5 cm³/mol.